The van der Waals surface area contributed by atoms with Gasteiger partial charge in [-0.1, -0.05) is 48.5 Å². The van der Waals surface area contributed by atoms with Gasteiger partial charge in [-0.2, -0.15) is 0 Å². The quantitative estimate of drug-likeness (QED) is 0.656. The first-order valence-electron chi connectivity index (χ1n) is 10.2. The molecule has 0 aromatic heterocycles. The Morgan fingerprint density at radius 3 is 2.36 bits per heavy atom. The van der Waals surface area contributed by atoms with Gasteiger partial charge in [-0.05, 0) is 36.6 Å². The van der Waals surface area contributed by atoms with Crippen LogP contribution in [-0.4, -0.2) is 60.1 Å². The zero-order valence-corrected chi connectivity index (χ0v) is 16.5. The van der Waals surface area contributed by atoms with E-state index >= 15 is 0 Å². The molecule has 0 aliphatic carbocycles. The molecule has 0 radical (unpaired) electrons. The van der Waals surface area contributed by atoms with Crippen LogP contribution in [0.2, 0.25) is 0 Å². The maximum absolute atomic E-state index is 12.0. The molecule has 1 amide bonds. The molecule has 150 valence electrons. The van der Waals surface area contributed by atoms with Crippen LogP contribution in [0.4, 0.5) is 0 Å². The number of nitrogens with one attached hydrogen (secondary N) is 1. The lowest BCUT2D eigenvalue weighted by atomic mass is 10.1. The normalized spacial score (nSPS) is 15.4. The molecule has 1 aliphatic heterocycles. The highest BCUT2D eigenvalue weighted by molar-refractivity contribution is 5.76. The maximum Gasteiger partial charge on any atom is 0.220 e. The topological polar surface area (TPSA) is 55.8 Å². The Bertz CT molecular complexity index is 728. The van der Waals surface area contributed by atoms with Crippen LogP contribution < -0.4 is 5.32 Å². The van der Waals surface area contributed by atoms with Crippen molar-refractivity contribution in [2.75, 3.05) is 39.3 Å². The van der Waals surface area contributed by atoms with Crippen molar-refractivity contribution >= 4 is 5.91 Å². The second-order valence-corrected chi connectivity index (χ2v) is 7.44. The number of hydrogen-bond donors (Lipinski definition) is 2. The molecular formula is C23H31N3O2. The lowest BCUT2D eigenvalue weighted by Crippen LogP contribution is -2.46. The van der Waals surface area contributed by atoms with Gasteiger partial charge < -0.3 is 15.3 Å². The molecule has 5 heteroatoms. The molecule has 0 spiro atoms. The standard InChI is InChI=1S/C23H31N3O2/c27-22-10-5-4-9-21(22)11-12-23(28)24-13-6-14-25-15-17-26(18-16-25)19-20-7-2-1-3-8-20/h1-5,7-10,27H,6,11-19H2,(H,24,28). The number of amides is 1. The molecule has 1 heterocycles. The molecule has 0 unspecified atom stereocenters. The Labute approximate surface area is 168 Å². The second-order valence-electron chi connectivity index (χ2n) is 7.44. The highest BCUT2D eigenvalue weighted by Crippen LogP contribution is 2.17. The Hall–Kier alpha value is -2.37. The number of phenolic OH excluding ortho intramolecular Hbond substituents is 1. The number of piperazine rings is 1. The summed E-state index contributed by atoms with van der Waals surface area (Å²) in [5.74, 6) is 0.317. The summed E-state index contributed by atoms with van der Waals surface area (Å²) in [6.07, 6.45) is 1.96. The van der Waals surface area contributed by atoms with Crippen LogP contribution in [0, 0.1) is 0 Å². The van der Waals surface area contributed by atoms with Gasteiger partial charge in [-0.15, -0.1) is 0 Å². The molecule has 0 atom stereocenters. The van der Waals surface area contributed by atoms with Crippen LogP contribution in [-0.2, 0) is 17.8 Å². The lowest BCUT2D eigenvalue weighted by Gasteiger charge is -2.34. The molecule has 28 heavy (non-hydrogen) atoms. The van der Waals surface area contributed by atoms with Gasteiger partial charge in [0.15, 0.2) is 0 Å². The summed E-state index contributed by atoms with van der Waals surface area (Å²) < 4.78 is 0. The number of hydrogen-bond acceptors (Lipinski definition) is 4. The predicted octanol–water partition coefficient (Wildman–Crippen LogP) is 2.65. The van der Waals surface area contributed by atoms with Crippen LogP contribution in [0.1, 0.15) is 24.0 Å². The van der Waals surface area contributed by atoms with Crippen LogP contribution in [0.5, 0.6) is 5.75 Å². The SMILES string of the molecule is O=C(CCc1ccccc1O)NCCCN1CCN(Cc2ccccc2)CC1. The third-order valence-corrected chi connectivity index (χ3v) is 5.30. The number of aryl methyl sites for hydroxylation is 1. The van der Waals surface area contributed by atoms with Crippen molar-refractivity contribution < 1.29 is 9.90 Å². The summed E-state index contributed by atoms with van der Waals surface area (Å²) >= 11 is 0. The minimum atomic E-state index is 0.0518. The average molecular weight is 382 g/mol. The molecular weight excluding hydrogens is 350 g/mol. The van der Waals surface area contributed by atoms with Crippen molar-refractivity contribution in [1.82, 2.24) is 15.1 Å². The summed E-state index contributed by atoms with van der Waals surface area (Å²) in [7, 11) is 0. The fraction of sp³-hybridized carbons (Fsp3) is 0.435. The van der Waals surface area contributed by atoms with E-state index in [2.05, 4.69) is 45.4 Å². The molecule has 5 nitrogen and oxygen atoms in total. The van der Waals surface area contributed by atoms with Gasteiger partial charge in [0.2, 0.25) is 5.91 Å². The van der Waals surface area contributed by atoms with Gasteiger partial charge in [0.25, 0.3) is 0 Å². The second kappa shape index (κ2) is 10.8. The fourth-order valence-electron chi connectivity index (χ4n) is 3.60. The Balaban J connectivity index is 1.25. The van der Waals surface area contributed by atoms with E-state index in [1.165, 1.54) is 5.56 Å². The van der Waals surface area contributed by atoms with E-state index < -0.39 is 0 Å². The monoisotopic (exact) mass is 381 g/mol. The first-order chi connectivity index (χ1) is 13.7. The van der Waals surface area contributed by atoms with E-state index in [1.54, 1.807) is 12.1 Å². The number of benzene rings is 2. The molecule has 2 N–H and O–H groups in total. The van der Waals surface area contributed by atoms with Crippen LogP contribution in [0.3, 0.4) is 0 Å². The summed E-state index contributed by atoms with van der Waals surface area (Å²) in [5, 5.41) is 12.7. The highest BCUT2D eigenvalue weighted by Gasteiger charge is 2.16. The zero-order valence-electron chi connectivity index (χ0n) is 16.5. The van der Waals surface area contributed by atoms with Crippen molar-refractivity contribution in [2.45, 2.75) is 25.8 Å². The largest absolute Gasteiger partial charge is 0.508 e. The van der Waals surface area contributed by atoms with E-state index in [1.807, 2.05) is 12.1 Å². The van der Waals surface area contributed by atoms with Crippen molar-refractivity contribution in [3.8, 4) is 5.75 Å². The first kappa shape index (κ1) is 20.4. The van der Waals surface area contributed by atoms with E-state index in [-0.39, 0.29) is 11.7 Å². The Morgan fingerprint density at radius 2 is 1.61 bits per heavy atom. The molecule has 0 bridgehead atoms. The number of para-hydroxylation sites is 1. The number of carbonyl (C=O) groups excluding carboxylic acids is 1. The molecule has 1 saturated heterocycles. The predicted molar refractivity (Wildman–Crippen MR) is 112 cm³/mol. The third-order valence-electron chi connectivity index (χ3n) is 5.30. The molecule has 1 aliphatic rings. The Kier molecular flexibility index (Phi) is 7.88. The van der Waals surface area contributed by atoms with Crippen molar-refractivity contribution in [3.05, 3.63) is 65.7 Å². The van der Waals surface area contributed by atoms with Gasteiger partial charge in [-0.3, -0.25) is 9.69 Å². The van der Waals surface area contributed by atoms with Gasteiger partial charge in [0.1, 0.15) is 5.75 Å². The summed E-state index contributed by atoms with van der Waals surface area (Å²) in [5.41, 5.74) is 2.20. The van der Waals surface area contributed by atoms with Crippen molar-refractivity contribution in [3.63, 3.8) is 0 Å². The van der Waals surface area contributed by atoms with Crippen molar-refractivity contribution in [1.29, 1.82) is 0 Å². The van der Waals surface area contributed by atoms with Crippen molar-refractivity contribution in [2.24, 2.45) is 0 Å². The lowest BCUT2D eigenvalue weighted by molar-refractivity contribution is -0.121. The fourth-order valence-corrected chi connectivity index (χ4v) is 3.60. The molecule has 3 rings (SSSR count). The first-order valence-corrected chi connectivity index (χ1v) is 10.2. The number of aromatic hydroxyl groups is 1. The van der Waals surface area contributed by atoms with Crippen LogP contribution in [0.15, 0.2) is 54.6 Å². The minimum Gasteiger partial charge on any atom is -0.508 e. The highest BCUT2D eigenvalue weighted by atomic mass is 16.3. The minimum absolute atomic E-state index is 0.0518. The molecule has 1 fully saturated rings. The van der Waals surface area contributed by atoms with Gasteiger partial charge in [0, 0.05) is 45.7 Å². The maximum atomic E-state index is 12.0. The van der Waals surface area contributed by atoms with Gasteiger partial charge in [-0.25, -0.2) is 0 Å². The average Bonchev–Trinajstić information content (AvgIpc) is 2.72. The molecule has 2 aromatic rings. The van der Waals surface area contributed by atoms with Gasteiger partial charge >= 0.3 is 0 Å². The van der Waals surface area contributed by atoms with E-state index in [9.17, 15) is 9.90 Å². The summed E-state index contributed by atoms with van der Waals surface area (Å²) in [6.45, 7) is 7.15. The van der Waals surface area contributed by atoms with Crippen LogP contribution in [0.25, 0.3) is 0 Å². The summed E-state index contributed by atoms with van der Waals surface area (Å²) in [4.78, 5) is 17.0. The van der Waals surface area contributed by atoms with E-state index in [0.717, 1.165) is 51.3 Å². The number of nitrogens with zero attached hydrogens (tertiary/aromatic N) is 2. The molecule has 0 saturated carbocycles. The number of phenols is 1. The van der Waals surface area contributed by atoms with Gasteiger partial charge in [0.05, 0.1) is 0 Å². The van der Waals surface area contributed by atoms with E-state index in [0.29, 0.717) is 19.4 Å². The molecule has 2 aromatic carbocycles. The number of carbonyl (C=O) groups is 1. The third kappa shape index (κ3) is 6.66. The zero-order chi connectivity index (χ0) is 19.6. The smallest absolute Gasteiger partial charge is 0.220 e. The number of rotatable bonds is 9. The summed E-state index contributed by atoms with van der Waals surface area (Å²) in [6, 6.07) is 17.8. The Morgan fingerprint density at radius 1 is 0.929 bits per heavy atom. The van der Waals surface area contributed by atoms with Crippen LogP contribution >= 0.6 is 0 Å². The van der Waals surface area contributed by atoms with E-state index in [4.69, 9.17) is 0 Å².